The molecule has 0 spiro atoms. The van der Waals surface area contributed by atoms with Crippen LogP contribution in [0.3, 0.4) is 0 Å². The highest BCUT2D eigenvalue weighted by Gasteiger charge is 2.11. The molecule has 1 aromatic carbocycles. The standard InChI is InChI=1S/C13H13N3O/c14-13(17)10-2-1-8-5-9-3-4-15-7-12(9)16-11(8)6-10/h1-2,5-6,15H,3-4,7H2,(H2,14,17). The van der Waals surface area contributed by atoms with Gasteiger partial charge in [-0.3, -0.25) is 9.78 Å². The summed E-state index contributed by atoms with van der Waals surface area (Å²) in [5, 5.41) is 4.35. The van der Waals surface area contributed by atoms with Crippen LogP contribution in [-0.4, -0.2) is 17.4 Å². The van der Waals surface area contributed by atoms with Gasteiger partial charge in [0.1, 0.15) is 0 Å². The molecule has 3 N–H and O–H groups in total. The lowest BCUT2D eigenvalue weighted by atomic mass is 10.0. The molecule has 2 heterocycles. The van der Waals surface area contributed by atoms with Crippen LogP contribution >= 0.6 is 0 Å². The Hall–Kier alpha value is -1.94. The number of hydrogen-bond acceptors (Lipinski definition) is 3. The minimum Gasteiger partial charge on any atom is -0.366 e. The van der Waals surface area contributed by atoms with Gasteiger partial charge in [-0.2, -0.15) is 0 Å². The number of carbonyl (C=O) groups is 1. The smallest absolute Gasteiger partial charge is 0.248 e. The molecule has 2 aromatic rings. The molecule has 1 aromatic heterocycles. The molecule has 0 atom stereocenters. The lowest BCUT2D eigenvalue weighted by Crippen LogP contribution is -2.24. The average molecular weight is 227 g/mol. The van der Waals surface area contributed by atoms with Crippen molar-refractivity contribution in [2.45, 2.75) is 13.0 Å². The number of nitrogens with zero attached hydrogens (tertiary/aromatic N) is 1. The zero-order chi connectivity index (χ0) is 11.8. The Morgan fingerprint density at radius 2 is 2.24 bits per heavy atom. The third-order valence-electron chi connectivity index (χ3n) is 3.13. The van der Waals surface area contributed by atoms with E-state index in [-0.39, 0.29) is 0 Å². The van der Waals surface area contributed by atoms with Gasteiger partial charge in [-0.05, 0) is 36.7 Å². The summed E-state index contributed by atoms with van der Waals surface area (Å²) in [6.07, 6.45) is 1.01. The molecule has 0 saturated heterocycles. The van der Waals surface area contributed by atoms with Crippen molar-refractivity contribution in [1.29, 1.82) is 0 Å². The van der Waals surface area contributed by atoms with Gasteiger partial charge in [-0.25, -0.2) is 0 Å². The van der Waals surface area contributed by atoms with Gasteiger partial charge in [0, 0.05) is 17.5 Å². The number of hydrogen-bond donors (Lipinski definition) is 2. The number of rotatable bonds is 1. The fourth-order valence-electron chi connectivity index (χ4n) is 2.20. The maximum Gasteiger partial charge on any atom is 0.248 e. The van der Waals surface area contributed by atoms with Crippen LogP contribution in [0.2, 0.25) is 0 Å². The first-order valence-electron chi connectivity index (χ1n) is 5.67. The zero-order valence-electron chi connectivity index (χ0n) is 9.36. The van der Waals surface area contributed by atoms with E-state index >= 15 is 0 Å². The molecule has 0 fully saturated rings. The van der Waals surface area contributed by atoms with Crippen LogP contribution in [0.4, 0.5) is 0 Å². The molecule has 3 rings (SSSR count). The number of fused-ring (bicyclic) bond motifs is 2. The Morgan fingerprint density at radius 3 is 3.06 bits per heavy atom. The van der Waals surface area contributed by atoms with Crippen LogP contribution in [0.1, 0.15) is 21.6 Å². The Morgan fingerprint density at radius 1 is 1.35 bits per heavy atom. The number of amides is 1. The van der Waals surface area contributed by atoms with Gasteiger partial charge in [-0.15, -0.1) is 0 Å². The first-order valence-corrected chi connectivity index (χ1v) is 5.67. The maximum atomic E-state index is 11.1. The predicted molar refractivity (Wildman–Crippen MR) is 65.7 cm³/mol. The van der Waals surface area contributed by atoms with Crippen molar-refractivity contribution in [2.75, 3.05) is 6.54 Å². The monoisotopic (exact) mass is 227 g/mol. The number of nitrogens with two attached hydrogens (primary N) is 1. The maximum absolute atomic E-state index is 11.1. The predicted octanol–water partition coefficient (Wildman–Crippen LogP) is 0.979. The van der Waals surface area contributed by atoms with E-state index in [1.54, 1.807) is 12.1 Å². The quantitative estimate of drug-likeness (QED) is 0.763. The molecule has 17 heavy (non-hydrogen) atoms. The van der Waals surface area contributed by atoms with Crippen LogP contribution in [0.25, 0.3) is 10.9 Å². The summed E-state index contributed by atoms with van der Waals surface area (Å²) in [5.41, 5.74) is 8.98. The van der Waals surface area contributed by atoms with Crippen LogP contribution < -0.4 is 11.1 Å². The third kappa shape index (κ3) is 1.76. The molecule has 0 bridgehead atoms. The Balaban J connectivity index is 2.20. The van der Waals surface area contributed by atoms with Crippen molar-refractivity contribution in [3.8, 4) is 0 Å². The molecule has 86 valence electrons. The van der Waals surface area contributed by atoms with E-state index in [1.807, 2.05) is 6.07 Å². The highest BCUT2D eigenvalue weighted by atomic mass is 16.1. The van der Waals surface area contributed by atoms with Gasteiger partial charge in [0.15, 0.2) is 0 Å². The topological polar surface area (TPSA) is 68.0 Å². The van der Waals surface area contributed by atoms with Crippen molar-refractivity contribution in [3.05, 3.63) is 41.1 Å². The van der Waals surface area contributed by atoms with E-state index in [1.165, 1.54) is 5.56 Å². The largest absolute Gasteiger partial charge is 0.366 e. The Kier molecular flexibility index (Phi) is 2.30. The van der Waals surface area contributed by atoms with Crippen molar-refractivity contribution in [3.63, 3.8) is 0 Å². The first-order chi connectivity index (χ1) is 8.24. The molecule has 0 aliphatic carbocycles. The van der Waals surface area contributed by atoms with Gasteiger partial charge >= 0.3 is 0 Å². The van der Waals surface area contributed by atoms with Crippen LogP contribution in [-0.2, 0) is 13.0 Å². The highest BCUT2D eigenvalue weighted by molar-refractivity contribution is 5.96. The second kappa shape index (κ2) is 3.82. The van der Waals surface area contributed by atoms with Gasteiger partial charge < -0.3 is 11.1 Å². The van der Waals surface area contributed by atoms with E-state index in [0.717, 1.165) is 36.1 Å². The minimum absolute atomic E-state index is 0.412. The molecule has 4 nitrogen and oxygen atoms in total. The fourth-order valence-corrected chi connectivity index (χ4v) is 2.20. The number of nitrogens with one attached hydrogen (secondary N) is 1. The average Bonchev–Trinajstić information content (AvgIpc) is 2.35. The molecular weight excluding hydrogens is 214 g/mol. The Bertz CT molecular complexity index is 607. The number of benzene rings is 1. The normalized spacial score (nSPS) is 14.6. The summed E-state index contributed by atoms with van der Waals surface area (Å²) in [5.74, 6) is -0.412. The molecule has 0 unspecified atom stereocenters. The summed E-state index contributed by atoms with van der Waals surface area (Å²) in [7, 11) is 0. The molecular formula is C13H13N3O. The van der Waals surface area contributed by atoms with Gasteiger partial charge in [-0.1, -0.05) is 6.07 Å². The van der Waals surface area contributed by atoms with Gasteiger partial charge in [0.2, 0.25) is 5.91 Å². The van der Waals surface area contributed by atoms with Crippen molar-refractivity contribution in [1.82, 2.24) is 10.3 Å². The Labute approximate surface area is 98.8 Å². The second-order valence-electron chi connectivity index (χ2n) is 4.29. The molecule has 1 aliphatic rings. The zero-order valence-corrected chi connectivity index (χ0v) is 9.36. The van der Waals surface area contributed by atoms with E-state index in [2.05, 4.69) is 16.4 Å². The lowest BCUT2D eigenvalue weighted by Gasteiger charge is -2.16. The van der Waals surface area contributed by atoms with Crippen molar-refractivity contribution >= 4 is 16.8 Å². The van der Waals surface area contributed by atoms with Gasteiger partial charge in [0.25, 0.3) is 0 Å². The van der Waals surface area contributed by atoms with Crippen LogP contribution in [0, 0.1) is 0 Å². The minimum atomic E-state index is -0.412. The summed E-state index contributed by atoms with van der Waals surface area (Å²) >= 11 is 0. The molecule has 1 aliphatic heterocycles. The molecule has 0 saturated carbocycles. The summed E-state index contributed by atoms with van der Waals surface area (Å²) in [6, 6.07) is 7.57. The summed E-state index contributed by atoms with van der Waals surface area (Å²) in [4.78, 5) is 15.7. The molecule has 0 radical (unpaired) electrons. The van der Waals surface area contributed by atoms with Gasteiger partial charge in [0.05, 0.1) is 11.2 Å². The van der Waals surface area contributed by atoms with E-state index in [4.69, 9.17) is 5.73 Å². The van der Waals surface area contributed by atoms with Crippen molar-refractivity contribution in [2.24, 2.45) is 5.73 Å². The van der Waals surface area contributed by atoms with E-state index < -0.39 is 5.91 Å². The van der Waals surface area contributed by atoms with Crippen LogP contribution in [0.5, 0.6) is 0 Å². The molecule has 4 heteroatoms. The number of pyridine rings is 1. The number of carbonyl (C=O) groups excluding carboxylic acids is 1. The van der Waals surface area contributed by atoms with E-state index in [9.17, 15) is 4.79 Å². The third-order valence-corrected chi connectivity index (χ3v) is 3.13. The summed E-state index contributed by atoms with van der Waals surface area (Å²) < 4.78 is 0. The van der Waals surface area contributed by atoms with E-state index in [0.29, 0.717) is 5.56 Å². The SMILES string of the molecule is NC(=O)c1ccc2cc3c(nc2c1)CNCC3. The van der Waals surface area contributed by atoms with Crippen molar-refractivity contribution < 1.29 is 4.79 Å². The first kappa shape index (κ1) is 10.2. The second-order valence-corrected chi connectivity index (χ2v) is 4.29. The number of primary amides is 1. The number of aromatic nitrogens is 1. The lowest BCUT2D eigenvalue weighted by molar-refractivity contribution is 0.100. The van der Waals surface area contributed by atoms with Crippen LogP contribution in [0.15, 0.2) is 24.3 Å². The summed E-state index contributed by atoms with van der Waals surface area (Å²) in [6.45, 7) is 1.80. The molecule has 1 amide bonds. The highest BCUT2D eigenvalue weighted by Crippen LogP contribution is 2.20. The fraction of sp³-hybridized carbons (Fsp3) is 0.231.